The van der Waals surface area contributed by atoms with Gasteiger partial charge in [0.1, 0.15) is 11.3 Å². The quantitative estimate of drug-likeness (QED) is 0.0839. The highest BCUT2D eigenvalue weighted by molar-refractivity contribution is 7.28. The van der Waals surface area contributed by atoms with Gasteiger partial charge in [-0.3, -0.25) is 0 Å². The van der Waals surface area contributed by atoms with Crippen molar-refractivity contribution in [1.82, 2.24) is 5.32 Å². The van der Waals surface area contributed by atoms with Gasteiger partial charge >= 0.3 is 0 Å². The topological polar surface area (TPSA) is 28.4 Å². The summed E-state index contributed by atoms with van der Waals surface area (Å²) in [6, 6.07) is 22.8. The maximum Gasteiger partial charge on any atom is 0.198 e. The van der Waals surface area contributed by atoms with Crippen molar-refractivity contribution in [3.05, 3.63) is 174 Å². The van der Waals surface area contributed by atoms with Gasteiger partial charge in [0.05, 0.1) is 5.69 Å². The number of benzene rings is 3. The summed E-state index contributed by atoms with van der Waals surface area (Å²) in [4.78, 5) is 2.50. The van der Waals surface area contributed by atoms with Gasteiger partial charge in [0.15, 0.2) is 7.28 Å². The third-order valence-electron chi connectivity index (χ3n) is 14.5. The van der Waals surface area contributed by atoms with Gasteiger partial charge in [0.2, 0.25) is 0 Å². The van der Waals surface area contributed by atoms with Crippen LogP contribution in [0.15, 0.2) is 150 Å². The minimum absolute atomic E-state index is 0.0199. The second-order valence-electron chi connectivity index (χ2n) is 22.1. The molecular formula is C60H74BN2OS. The number of nitrogens with one attached hydrogen (secondary N) is 1. The molecule has 0 aliphatic heterocycles. The number of allylic oxidation sites excluding steroid dienone is 8. The van der Waals surface area contributed by atoms with Crippen LogP contribution < -0.4 is 15.0 Å². The van der Waals surface area contributed by atoms with Crippen LogP contribution >= 0.6 is 11.3 Å². The fourth-order valence-corrected chi connectivity index (χ4v) is 11.3. The van der Waals surface area contributed by atoms with E-state index in [0.717, 1.165) is 41.0 Å². The molecule has 2 aromatic heterocycles. The number of rotatable bonds is 15. The molecule has 0 fully saturated rings. The number of hydrogen-bond donors (Lipinski definition) is 1. The molecule has 0 bridgehead atoms. The lowest BCUT2D eigenvalue weighted by atomic mass is 9.63. The van der Waals surface area contributed by atoms with Gasteiger partial charge in [-0.1, -0.05) is 151 Å². The molecule has 5 heteroatoms. The van der Waals surface area contributed by atoms with E-state index in [9.17, 15) is 0 Å². The van der Waals surface area contributed by atoms with E-state index >= 15 is 0 Å². The van der Waals surface area contributed by atoms with E-state index < -0.39 is 0 Å². The molecule has 0 saturated heterocycles. The van der Waals surface area contributed by atoms with Crippen LogP contribution in [0.2, 0.25) is 0 Å². The first kappa shape index (κ1) is 48.0. The molecule has 0 spiro atoms. The Kier molecular flexibility index (Phi) is 14.1. The van der Waals surface area contributed by atoms with Crippen molar-refractivity contribution >= 4 is 55.8 Å². The van der Waals surface area contributed by atoms with Gasteiger partial charge in [0, 0.05) is 39.0 Å². The van der Waals surface area contributed by atoms with Gasteiger partial charge < -0.3 is 14.6 Å². The molecule has 339 valence electrons. The molecule has 2 unspecified atom stereocenters. The summed E-state index contributed by atoms with van der Waals surface area (Å²) in [6.07, 6.45) is 24.5. The van der Waals surface area contributed by atoms with Crippen molar-refractivity contribution < 1.29 is 4.42 Å². The smallest absolute Gasteiger partial charge is 0.198 e. The van der Waals surface area contributed by atoms with E-state index in [2.05, 4.69) is 217 Å². The van der Waals surface area contributed by atoms with Gasteiger partial charge in [-0.05, 0) is 153 Å². The lowest BCUT2D eigenvalue weighted by Gasteiger charge is -2.42. The molecule has 2 aliphatic rings. The van der Waals surface area contributed by atoms with Gasteiger partial charge in [-0.25, -0.2) is 0 Å². The van der Waals surface area contributed by atoms with Crippen LogP contribution in [-0.4, -0.2) is 7.28 Å². The van der Waals surface area contributed by atoms with Crippen molar-refractivity contribution in [2.24, 2.45) is 11.3 Å². The van der Waals surface area contributed by atoms with E-state index in [0.29, 0.717) is 11.8 Å². The number of anilines is 2. The van der Waals surface area contributed by atoms with Crippen LogP contribution in [0.25, 0.3) is 21.1 Å². The highest BCUT2D eigenvalue weighted by atomic mass is 32.1. The maximum absolute atomic E-state index is 6.39. The highest BCUT2D eigenvalue weighted by Gasteiger charge is 2.39. The summed E-state index contributed by atoms with van der Waals surface area (Å²) < 4.78 is 8.92. The second-order valence-corrected chi connectivity index (χ2v) is 23.1. The summed E-state index contributed by atoms with van der Waals surface area (Å²) in [7, 11) is 2.31. The molecule has 5 aromatic rings. The first-order valence-electron chi connectivity index (χ1n) is 24.0. The molecule has 1 radical (unpaired) electrons. The predicted octanol–water partition coefficient (Wildman–Crippen LogP) is 16.8. The number of nitrogens with zero attached hydrogens (tertiary/aromatic N) is 1. The number of para-hydroxylation sites is 1. The normalized spacial score (nSPS) is 19.0. The lowest BCUT2D eigenvalue weighted by Crippen LogP contribution is -2.33. The van der Waals surface area contributed by atoms with E-state index in [1.165, 1.54) is 67.6 Å². The monoisotopic (exact) mass is 882 g/mol. The number of thiophene rings is 1. The third kappa shape index (κ3) is 10.2. The molecule has 1 N–H and O–H groups in total. The zero-order chi connectivity index (χ0) is 46.9. The fourth-order valence-electron chi connectivity index (χ4n) is 10.2. The van der Waals surface area contributed by atoms with E-state index in [-0.39, 0.29) is 27.6 Å². The summed E-state index contributed by atoms with van der Waals surface area (Å²) in [5.74, 6) is 4.34. The summed E-state index contributed by atoms with van der Waals surface area (Å²) in [6.45, 7) is 36.6. The van der Waals surface area contributed by atoms with Crippen molar-refractivity contribution in [3.63, 3.8) is 0 Å². The van der Waals surface area contributed by atoms with Crippen molar-refractivity contribution in [2.45, 2.75) is 143 Å². The molecule has 7 rings (SSSR count). The standard InChI is InChI=1S/C60H74BN2OS/c1-15-21-44(29-35-62-34-20-24-49(57(6,7)8)53-36-43-22-17-18-25-52(43)64-53)63(45-26-27-48-46(37-45)41(5)28-30-58(48,9)10)55-47-38-50-51(60(13,14)32-31-59(50,11)12)39-54(47)65-56(55)61-33-19-23-42(16-2)40(3)4/h15-23,25-27,29,33-41,49,62H,1-2,24,28,30-32H2,3-14H3/b33-19+,34-20+,35-29+,42-23+,44-21+. The molecule has 2 heterocycles. The zero-order valence-corrected chi connectivity index (χ0v) is 42.4. The minimum Gasteiger partial charge on any atom is -0.461 e. The average molecular weight is 882 g/mol. The molecule has 3 aromatic carbocycles. The first-order valence-corrected chi connectivity index (χ1v) is 24.9. The van der Waals surface area contributed by atoms with Crippen molar-refractivity contribution in [3.8, 4) is 0 Å². The molecular weight excluding hydrogens is 808 g/mol. The van der Waals surface area contributed by atoms with Crippen molar-refractivity contribution in [2.75, 3.05) is 4.90 Å². The second kappa shape index (κ2) is 19.1. The Morgan fingerprint density at radius 1 is 0.892 bits per heavy atom. The number of furan rings is 1. The summed E-state index contributed by atoms with van der Waals surface area (Å²) in [5.41, 5.74) is 11.7. The van der Waals surface area contributed by atoms with E-state index in [1.807, 2.05) is 29.6 Å². The van der Waals surface area contributed by atoms with Crippen LogP contribution in [-0.2, 0) is 16.2 Å². The summed E-state index contributed by atoms with van der Waals surface area (Å²) in [5, 5.41) is 5.97. The molecule has 0 amide bonds. The van der Waals surface area contributed by atoms with Crippen LogP contribution in [0.5, 0.6) is 0 Å². The summed E-state index contributed by atoms with van der Waals surface area (Å²) >= 11 is 1.89. The van der Waals surface area contributed by atoms with Gasteiger partial charge in [0.25, 0.3) is 0 Å². The van der Waals surface area contributed by atoms with E-state index in [4.69, 9.17) is 4.42 Å². The molecule has 2 atom stereocenters. The molecule has 2 aliphatic carbocycles. The zero-order valence-electron chi connectivity index (χ0n) is 41.6. The van der Waals surface area contributed by atoms with Crippen LogP contribution in [0.3, 0.4) is 0 Å². The maximum atomic E-state index is 6.39. The molecule has 0 saturated carbocycles. The van der Waals surface area contributed by atoms with Gasteiger partial charge in [-0.2, -0.15) is 0 Å². The Balaban J connectivity index is 1.35. The van der Waals surface area contributed by atoms with Crippen molar-refractivity contribution in [1.29, 1.82) is 0 Å². The average Bonchev–Trinajstić information content (AvgIpc) is 3.83. The van der Waals surface area contributed by atoms with Crippen LogP contribution in [0.4, 0.5) is 11.4 Å². The fraction of sp³-hybridized carbons (Fsp3) is 0.400. The SMILES string of the molecule is C=C/C=C(\C=C\N/C=C/CC(c1cc2ccccc2o1)C(C)(C)C)N(c1ccc2c(c1)C(C)CCC2(C)C)c1c([B]/C=C/C=C(\C=C)C(C)C)sc2cc3c(cc12)C(C)(C)CCC3(C)C. The molecule has 65 heavy (non-hydrogen) atoms. The Morgan fingerprint density at radius 3 is 2.28 bits per heavy atom. The largest absolute Gasteiger partial charge is 0.461 e. The minimum atomic E-state index is 0.0199. The molecule has 3 nitrogen and oxygen atoms in total. The Bertz CT molecular complexity index is 2670. The van der Waals surface area contributed by atoms with Crippen LogP contribution in [0, 0.1) is 11.3 Å². The Hall–Kier alpha value is -5.00. The lowest BCUT2D eigenvalue weighted by molar-refractivity contribution is 0.285. The predicted molar refractivity (Wildman–Crippen MR) is 287 cm³/mol. The van der Waals surface area contributed by atoms with Crippen LogP contribution in [0.1, 0.15) is 155 Å². The Morgan fingerprint density at radius 2 is 1.60 bits per heavy atom. The van der Waals surface area contributed by atoms with Gasteiger partial charge in [-0.15, -0.1) is 17.3 Å². The third-order valence-corrected chi connectivity index (χ3v) is 15.6. The number of hydrogen-bond acceptors (Lipinski definition) is 4. The van der Waals surface area contributed by atoms with E-state index in [1.54, 1.807) is 0 Å². The Labute approximate surface area is 397 Å². The highest BCUT2D eigenvalue weighted by Crippen LogP contribution is 2.51. The number of fused-ring (bicyclic) bond motifs is 4. The first-order chi connectivity index (χ1) is 30.8.